The van der Waals surface area contributed by atoms with Gasteiger partial charge in [-0.2, -0.15) is 0 Å². The molecule has 0 saturated carbocycles. The summed E-state index contributed by atoms with van der Waals surface area (Å²) in [5.41, 5.74) is 0.344. The highest BCUT2D eigenvalue weighted by Gasteiger charge is 2.18. The van der Waals surface area contributed by atoms with E-state index in [-0.39, 0.29) is 5.82 Å². The van der Waals surface area contributed by atoms with Crippen molar-refractivity contribution < 1.29 is 4.39 Å². The molecule has 0 radical (unpaired) electrons. The lowest BCUT2D eigenvalue weighted by Gasteiger charge is -2.23. The van der Waals surface area contributed by atoms with Crippen LogP contribution in [0, 0.1) is 11.2 Å². The summed E-state index contributed by atoms with van der Waals surface area (Å²) in [6.45, 7) is 9.91. The smallest absolute Gasteiger partial charge is 0.124 e. The Kier molecular flexibility index (Phi) is 4.82. The molecule has 0 spiro atoms. The molecule has 20 heavy (non-hydrogen) atoms. The molecule has 110 valence electrons. The SMILES string of the molecule is CCNC(CCC(C)(C)C)c1cc2ccc(F)cc2s1. The van der Waals surface area contributed by atoms with Crippen LogP contribution < -0.4 is 5.32 Å². The van der Waals surface area contributed by atoms with Gasteiger partial charge in [0.1, 0.15) is 5.82 Å². The summed E-state index contributed by atoms with van der Waals surface area (Å²) in [7, 11) is 0. The van der Waals surface area contributed by atoms with E-state index >= 15 is 0 Å². The number of benzene rings is 1. The van der Waals surface area contributed by atoms with Crippen LogP contribution in [0.1, 0.15) is 51.5 Å². The topological polar surface area (TPSA) is 12.0 Å². The van der Waals surface area contributed by atoms with E-state index in [9.17, 15) is 4.39 Å². The van der Waals surface area contributed by atoms with E-state index in [2.05, 4.69) is 39.1 Å². The Hall–Kier alpha value is -0.930. The standard InChI is InChI=1S/C17H24FNS/c1-5-19-14(8-9-17(2,3)4)16-10-12-6-7-13(18)11-15(12)20-16/h6-7,10-11,14,19H,5,8-9H2,1-4H3. The van der Waals surface area contributed by atoms with Crippen LogP contribution in [0.15, 0.2) is 24.3 Å². The van der Waals surface area contributed by atoms with Crippen LogP contribution in [0.5, 0.6) is 0 Å². The average molecular weight is 293 g/mol. The van der Waals surface area contributed by atoms with Gasteiger partial charge in [-0.05, 0) is 48.4 Å². The fraction of sp³-hybridized carbons (Fsp3) is 0.529. The molecular formula is C17H24FNS. The number of halogens is 1. The van der Waals surface area contributed by atoms with Crippen molar-refractivity contribution in [1.29, 1.82) is 0 Å². The summed E-state index contributed by atoms with van der Waals surface area (Å²) < 4.78 is 14.3. The van der Waals surface area contributed by atoms with Crippen LogP contribution in [0.4, 0.5) is 4.39 Å². The molecule has 0 amide bonds. The third-order valence-corrected chi connectivity index (χ3v) is 4.69. The molecule has 1 aromatic carbocycles. The molecule has 0 aliphatic carbocycles. The van der Waals surface area contributed by atoms with E-state index in [0.717, 1.165) is 23.1 Å². The van der Waals surface area contributed by atoms with Crippen LogP contribution in [0.2, 0.25) is 0 Å². The summed E-state index contributed by atoms with van der Waals surface area (Å²) in [6, 6.07) is 7.62. The second-order valence-corrected chi connectivity index (χ2v) is 7.66. The summed E-state index contributed by atoms with van der Waals surface area (Å²) in [4.78, 5) is 1.32. The summed E-state index contributed by atoms with van der Waals surface area (Å²) in [5.74, 6) is -0.152. The zero-order valence-corrected chi connectivity index (χ0v) is 13.6. The van der Waals surface area contributed by atoms with Gasteiger partial charge >= 0.3 is 0 Å². The van der Waals surface area contributed by atoms with Gasteiger partial charge in [0.05, 0.1) is 0 Å². The van der Waals surface area contributed by atoms with Crippen molar-refractivity contribution in [1.82, 2.24) is 5.32 Å². The van der Waals surface area contributed by atoms with E-state index in [1.165, 1.54) is 17.4 Å². The van der Waals surface area contributed by atoms with Crippen molar-refractivity contribution in [3.05, 3.63) is 35.0 Å². The van der Waals surface area contributed by atoms with E-state index in [4.69, 9.17) is 0 Å². The number of fused-ring (bicyclic) bond motifs is 1. The van der Waals surface area contributed by atoms with Crippen LogP contribution in [0.3, 0.4) is 0 Å². The number of hydrogen-bond acceptors (Lipinski definition) is 2. The first kappa shape index (κ1) is 15.5. The van der Waals surface area contributed by atoms with Gasteiger partial charge < -0.3 is 5.32 Å². The van der Waals surface area contributed by atoms with E-state index in [1.54, 1.807) is 17.4 Å². The fourth-order valence-electron chi connectivity index (χ4n) is 2.37. The Morgan fingerprint density at radius 1 is 1.25 bits per heavy atom. The van der Waals surface area contributed by atoms with Crippen LogP contribution in [-0.4, -0.2) is 6.54 Å². The Labute approximate surface area is 125 Å². The zero-order chi connectivity index (χ0) is 14.8. The summed E-state index contributed by atoms with van der Waals surface area (Å²) >= 11 is 1.71. The van der Waals surface area contributed by atoms with Gasteiger partial charge in [0, 0.05) is 15.6 Å². The molecule has 1 unspecified atom stereocenters. The molecule has 0 fully saturated rings. The number of nitrogens with one attached hydrogen (secondary N) is 1. The number of rotatable bonds is 5. The quantitative estimate of drug-likeness (QED) is 0.765. The molecular weight excluding hydrogens is 269 g/mol. The van der Waals surface area contributed by atoms with Gasteiger partial charge in [-0.15, -0.1) is 11.3 Å². The van der Waals surface area contributed by atoms with Crippen molar-refractivity contribution in [3.8, 4) is 0 Å². The van der Waals surface area contributed by atoms with Crippen LogP contribution >= 0.6 is 11.3 Å². The molecule has 0 aliphatic rings. The molecule has 0 saturated heterocycles. The lowest BCUT2D eigenvalue weighted by atomic mass is 9.88. The predicted octanol–water partition coefficient (Wildman–Crippen LogP) is 5.52. The predicted molar refractivity (Wildman–Crippen MR) is 86.9 cm³/mol. The number of thiophene rings is 1. The van der Waals surface area contributed by atoms with Gasteiger partial charge in [-0.25, -0.2) is 4.39 Å². The van der Waals surface area contributed by atoms with Crippen molar-refractivity contribution in [2.24, 2.45) is 5.41 Å². The molecule has 2 aromatic rings. The maximum Gasteiger partial charge on any atom is 0.124 e. The van der Waals surface area contributed by atoms with Gasteiger partial charge in [0.25, 0.3) is 0 Å². The molecule has 1 N–H and O–H groups in total. The van der Waals surface area contributed by atoms with Gasteiger partial charge in [-0.1, -0.05) is 33.8 Å². The lowest BCUT2D eigenvalue weighted by Crippen LogP contribution is -2.21. The van der Waals surface area contributed by atoms with E-state index in [0.29, 0.717) is 11.5 Å². The first-order valence-corrected chi connectivity index (χ1v) is 8.13. The minimum absolute atomic E-state index is 0.152. The third-order valence-electron chi connectivity index (χ3n) is 3.48. The second-order valence-electron chi connectivity index (χ2n) is 6.54. The van der Waals surface area contributed by atoms with Crippen molar-refractivity contribution in [2.75, 3.05) is 6.54 Å². The summed E-state index contributed by atoms with van der Waals surface area (Å²) in [5, 5.41) is 4.71. The Balaban J connectivity index is 2.22. The van der Waals surface area contributed by atoms with Gasteiger partial charge in [0.15, 0.2) is 0 Å². The van der Waals surface area contributed by atoms with Gasteiger partial charge in [-0.3, -0.25) is 0 Å². The molecule has 1 nitrogen and oxygen atoms in total. The minimum atomic E-state index is -0.152. The Bertz CT molecular complexity index is 568. The monoisotopic (exact) mass is 293 g/mol. The highest BCUT2D eigenvalue weighted by atomic mass is 32.1. The fourth-order valence-corrected chi connectivity index (χ4v) is 3.57. The molecule has 0 bridgehead atoms. The highest BCUT2D eigenvalue weighted by Crippen LogP contribution is 2.34. The largest absolute Gasteiger partial charge is 0.310 e. The zero-order valence-electron chi connectivity index (χ0n) is 12.8. The Morgan fingerprint density at radius 2 is 2.00 bits per heavy atom. The summed E-state index contributed by atoms with van der Waals surface area (Å²) in [6.07, 6.45) is 2.29. The molecule has 3 heteroatoms. The average Bonchev–Trinajstić information content (AvgIpc) is 2.75. The first-order valence-electron chi connectivity index (χ1n) is 7.31. The molecule has 2 rings (SSSR count). The molecule has 0 aliphatic heterocycles. The second kappa shape index (κ2) is 6.23. The van der Waals surface area contributed by atoms with Crippen LogP contribution in [0.25, 0.3) is 10.1 Å². The maximum absolute atomic E-state index is 13.3. The van der Waals surface area contributed by atoms with E-state index in [1.807, 2.05) is 6.07 Å². The minimum Gasteiger partial charge on any atom is -0.310 e. The molecule has 1 atom stereocenters. The third kappa shape index (κ3) is 4.03. The number of hydrogen-bond donors (Lipinski definition) is 1. The van der Waals surface area contributed by atoms with E-state index < -0.39 is 0 Å². The maximum atomic E-state index is 13.3. The van der Waals surface area contributed by atoms with Gasteiger partial charge in [0.2, 0.25) is 0 Å². The Morgan fingerprint density at radius 3 is 2.65 bits per heavy atom. The highest BCUT2D eigenvalue weighted by molar-refractivity contribution is 7.19. The first-order chi connectivity index (χ1) is 9.39. The van der Waals surface area contributed by atoms with Crippen LogP contribution in [-0.2, 0) is 0 Å². The molecule has 1 aromatic heterocycles. The normalized spacial score (nSPS) is 13.8. The van der Waals surface area contributed by atoms with Crippen molar-refractivity contribution >= 4 is 21.4 Å². The van der Waals surface area contributed by atoms with Crippen molar-refractivity contribution in [2.45, 2.75) is 46.6 Å². The molecule has 1 heterocycles. The lowest BCUT2D eigenvalue weighted by molar-refractivity contribution is 0.335. The van der Waals surface area contributed by atoms with Crippen molar-refractivity contribution in [3.63, 3.8) is 0 Å².